The summed E-state index contributed by atoms with van der Waals surface area (Å²) in [4.78, 5) is 14.2. The fraction of sp³-hybridized carbons (Fsp3) is 0.923. The highest BCUT2D eigenvalue weighted by Gasteiger charge is 2.42. The zero-order valence-corrected chi connectivity index (χ0v) is 11.5. The minimum atomic E-state index is 0.220. The number of carbonyl (C=O) groups is 1. The normalized spacial score (nSPS) is 22.6. The van der Waals surface area contributed by atoms with Crippen LogP contribution in [-0.4, -0.2) is 42.7 Å². The Bertz CT molecular complexity index is 260. The molecule has 0 bridgehead atoms. The summed E-state index contributed by atoms with van der Waals surface area (Å²) in [5.41, 5.74) is 0.252. The highest BCUT2D eigenvalue weighted by Crippen LogP contribution is 2.49. The van der Waals surface area contributed by atoms with Crippen molar-refractivity contribution in [2.45, 2.75) is 38.5 Å². The molecular formula is C13H24N2OS. The van der Waals surface area contributed by atoms with E-state index in [0.717, 1.165) is 25.3 Å². The number of thiol groups is 1. The number of nitrogens with zero attached hydrogens (tertiary/aromatic N) is 1. The molecule has 3 nitrogen and oxygen atoms in total. The molecular weight excluding hydrogens is 232 g/mol. The molecule has 2 aliphatic rings. The van der Waals surface area contributed by atoms with Crippen LogP contribution in [0.5, 0.6) is 0 Å². The molecule has 98 valence electrons. The van der Waals surface area contributed by atoms with Gasteiger partial charge in [0.15, 0.2) is 0 Å². The molecule has 1 saturated heterocycles. The van der Waals surface area contributed by atoms with E-state index in [-0.39, 0.29) is 11.3 Å². The first kappa shape index (κ1) is 13.2. The third-order valence-corrected chi connectivity index (χ3v) is 4.67. The molecule has 1 amide bonds. The van der Waals surface area contributed by atoms with E-state index in [0.29, 0.717) is 6.42 Å². The maximum Gasteiger partial charge on any atom is 0.220 e. The van der Waals surface area contributed by atoms with Crippen LogP contribution in [0, 0.1) is 5.41 Å². The van der Waals surface area contributed by atoms with Crippen molar-refractivity contribution in [1.29, 1.82) is 0 Å². The number of hydrogen-bond acceptors (Lipinski definition) is 3. The lowest BCUT2D eigenvalue weighted by Gasteiger charge is -2.15. The first-order valence-corrected chi connectivity index (χ1v) is 7.47. The number of amides is 1. The number of nitrogens with one attached hydrogen (secondary N) is 1. The summed E-state index contributed by atoms with van der Waals surface area (Å²) in [5, 5.41) is 3.04. The molecule has 4 heteroatoms. The second-order valence-electron chi connectivity index (χ2n) is 5.59. The van der Waals surface area contributed by atoms with E-state index < -0.39 is 0 Å². The summed E-state index contributed by atoms with van der Waals surface area (Å²) in [5.74, 6) is 1.08. The molecule has 0 spiro atoms. The molecule has 0 atom stereocenters. The van der Waals surface area contributed by atoms with Crippen LogP contribution in [0.4, 0.5) is 0 Å². The van der Waals surface area contributed by atoms with Gasteiger partial charge in [-0.25, -0.2) is 0 Å². The molecule has 2 rings (SSSR count). The zero-order valence-electron chi connectivity index (χ0n) is 10.6. The Hall–Kier alpha value is -0.220. The number of rotatable bonds is 7. The van der Waals surface area contributed by atoms with Crippen LogP contribution in [-0.2, 0) is 4.79 Å². The Morgan fingerprint density at radius 2 is 2.00 bits per heavy atom. The van der Waals surface area contributed by atoms with E-state index in [1.54, 1.807) is 0 Å². The third-order valence-electron chi connectivity index (χ3n) is 4.00. The van der Waals surface area contributed by atoms with E-state index >= 15 is 0 Å². The van der Waals surface area contributed by atoms with E-state index in [2.05, 4.69) is 22.8 Å². The molecule has 1 aliphatic heterocycles. The average Bonchev–Trinajstić information content (AvgIpc) is 2.90. The van der Waals surface area contributed by atoms with Crippen LogP contribution in [0.15, 0.2) is 0 Å². The van der Waals surface area contributed by atoms with Gasteiger partial charge < -0.3 is 10.2 Å². The molecule has 2 fully saturated rings. The van der Waals surface area contributed by atoms with Crippen molar-refractivity contribution in [2.24, 2.45) is 5.41 Å². The smallest absolute Gasteiger partial charge is 0.220 e. The van der Waals surface area contributed by atoms with Crippen molar-refractivity contribution in [1.82, 2.24) is 10.2 Å². The standard InChI is InChI=1S/C13H24N2OS/c16-12(10-13(11-17)4-5-13)14-6-3-9-15-7-1-2-8-15/h17H,1-11H2,(H,14,16). The quantitative estimate of drug-likeness (QED) is 0.537. The lowest BCUT2D eigenvalue weighted by atomic mass is 10.1. The Morgan fingerprint density at radius 3 is 2.59 bits per heavy atom. The maximum absolute atomic E-state index is 11.7. The molecule has 1 N–H and O–H groups in total. The Morgan fingerprint density at radius 1 is 1.29 bits per heavy atom. The zero-order chi connectivity index (χ0) is 12.1. The minimum absolute atomic E-state index is 0.220. The van der Waals surface area contributed by atoms with Gasteiger partial charge in [-0.3, -0.25) is 4.79 Å². The summed E-state index contributed by atoms with van der Waals surface area (Å²) in [6, 6.07) is 0. The first-order chi connectivity index (χ1) is 8.24. The summed E-state index contributed by atoms with van der Waals surface area (Å²) in [7, 11) is 0. The summed E-state index contributed by atoms with van der Waals surface area (Å²) in [6.45, 7) is 4.46. The molecule has 0 aromatic heterocycles. The average molecular weight is 256 g/mol. The number of hydrogen-bond donors (Lipinski definition) is 2. The Labute approximate surface area is 110 Å². The van der Waals surface area contributed by atoms with Crippen molar-refractivity contribution < 1.29 is 4.79 Å². The topological polar surface area (TPSA) is 32.3 Å². The van der Waals surface area contributed by atoms with Gasteiger partial charge in [0.1, 0.15) is 0 Å². The van der Waals surface area contributed by atoms with Gasteiger partial charge in [-0.2, -0.15) is 12.6 Å². The second-order valence-corrected chi connectivity index (χ2v) is 5.90. The van der Waals surface area contributed by atoms with Crippen LogP contribution in [0.1, 0.15) is 38.5 Å². The van der Waals surface area contributed by atoms with E-state index in [4.69, 9.17) is 0 Å². The van der Waals surface area contributed by atoms with Crippen LogP contribution in [0.2, 0.25) is 0 Å². The van der Waals surface area contributed by atoms with Gasteiger partial charge in [0.25, 0.3) is 0 Å². The van der Waals surface area contributed by atoms with Crippen LogP contribution in [0.3, 0.4) is 0 Å². The van der Waals surface area contributed by atoms with E-state index in [9.17, 15) is 4.79 Å². The molecule has 1 saturated carbocycles. The van der Waals surface area contributed by atoms with Crippen molar-refractivity contribution in [3.8, 4) is 0 Å². The van der Waals surface area contributed by atoms with Crippen molar-refractivity contribution in [2.75, 3.05) is 31.9 Å². The predicted molar refractivity (Wildman–Crippen MR) is 73.4 cm³/mol. The molecule has 1 aliphatic carbocycles. The first-order valence-electron chi connectivity index (χ1n) is 6.84. The van der Waals surface area contributed by atoms with Gasteiger partial charge >= 0.3 is 0 Å². The maximum atomic E-state index is 11.7. The summed E-state index contributed by atoms with van der Waals surface area (Å²) in [6.07, 6.45) is 6.81. The number of carbonyl (C=O) groups excluding carboxylic acids is 1. The van der Waals surface area contributed by atoms with Crippen LogP contribution < -0.4 is 5.32 Å². The number of likely N-dealkylation sites (tertiary alicyclic amines) is 1. The lowest BCUT2D eigenvalue weighted by Crippen LogP contribution is -2.30. The molecule has 0 aromatic carbocycles. The Balaban J connectivity index is 1.51. The summed E-state index contributed by atoms with van der Waals surface area (Å²) >= 11 is 4.32. The highest BCUT2D eigenvalue weighted by atomic mass is 32.1. The highest BCUT2D eigenvalue weighted by molar-refractivity contribution is 7.80. The SMILES string of the molecule is O=C(CC1(CS)CC1)NCCCN1CCCC1. The van der Waals surface area contributed by atoms with Crippen molar-refractivity contribution in [3.05, 3.63) is 0 Å². The van der Waals surface area contributed by atoms with Gasteiger partial charge in [0, 0.05) is 13.0 Å². The van der Waals surface area contributed by atoms with E-state index in [1.165, 1.54) is 38.8 Å². The minimum Gasteiger partial charge on any atom is -0.356 e. The molecule has 0 aromatic rings. The molecule has 17 heavy (non-hydrogen) atoms. The Kier molecular flexibility index (Phi) is 4.74. The second kappa shape index (κ2) is 6.10. The molecule has 0 radical (unpaired) electrons. The largest absolute Gasteiger partial charge is 0.356 e. The lowest BCUT2D eigenvalue weighted by molar-refractivity contribution is -0.122. The van der Waals surface area contributed by atoms with Gasteiger partial charge in [0.2, 0.25) is 5.91 Å². The fourth-order valence-electron chi connectivity index (χ4n) is 2.51. The van der Waals surface area contributed by atoms with Crippen LogP contribution in [0.25, 0.3) is 0 Å². The van der Waals surface area contributed by atoms with Gasteiger partial charge in [0.05, 0.1) is 0 Å². The van der Waals surface area contributed by atoms with E-state index in [1.807, 2.05) is 0 Å². The van der Waals surface area contributed by atoms with Crippen molar-refractivity contribution >= 4 is 18.5 Å². The van der Waals surface area contributed by atoms with Gasteiger partial charge in [-0.05, 0) is 62.9 Å². The summed E-state index contributed by atoms with van der Waals surface area (Å²) < 4.78 is 0. The van der Waals surface area contributed by atoms with Crippen molar-refractivity contribution in [3.63, 3.8) is 0 Å². The molecule has 1 heterocycles. The predicted octanol–water partition coefficient (Wildman–Crippen LogP) is 1.69. The molecule has 0 unspecified atom stereocenters. The third kappa shape index (κ3) is 4.18. The monoisotopic (exact) mass is 256 g/mol. The van der Waals surface area contributed by atoms with Crippen LogP contribution >= 0.6 is 12.6 Å². The van der Waals surface area contributed by atoms with Gasteiger partial charge in [-0.15, -0.1) is 0 Å². The fourth-order valence-corrected chi connectivity index (χ4v) is 2.94. The van der Waals surface area contributed by atoms with Gasteiger partial charge in [-0.1, -0.05) is 0 Å².